The zero-order valence-corrected chi connectivity index (χ0v) is 16.4. The predicted molar refractivity (Wildman–Crippen MR) is 122 cm³/mol. The molecule has 3 nitrogen and oxygen atoms in total. The normalized spacial score (nSPS) is 10.8. The fraction of sp³-hybridized carbons (Fsp3) is 0. The Labute approximate surface area is 162 Å². The van der Waals surface area contributed by atoms with Gasteiger partial charge in [0.2, 0.25) is 10.6 Å². The zero-order valence-electron chi connectivity index (χ0n) is 14.9. The quantitative estimate of drug-likeness (QED) is 0.435. The van der Waals surface area contributed by atoms with Gasteiger partial charge in [-0.3, -0.25) is 0 Å². The van der Waals surface area contributed by atoms with E-state index in [-0.39, 0.29) is 10.6 Å². The molecule has 0 N–H and O–H groups in total. The van der Waals surface area contributed by atoms with E-state index in [1.54, 1.807) is 0 Å². The Kier molecular flexibility index (Phi) is 5.03. The van der Waals surface area contributed by atoms with Crippen LogP contribution in [-0.2, 0) is 0 Å². The van der Waals surface area contributed by atoms with Crippen molar-refractivity contribution in [3.05, 3.63) is 34.8 Å². The van der Waals surface area contributed by atoms with E-state index < -0.39 is 0 Å². The molecule has 0 aliphatic rings. The molecule has 10 heteroatoms. The highest BCUT2D eigenvalue weighted by molar-refractivity contribution is 6.68. The summed E-state index contributed by atoms with van der Waals surface area (Å²) < 4.78 is 0. The number of nitrogens with zero attached hydrogens (tertiary/aromatic N) is 3. The maximum absolute atomic E-state index is 5.99. The molecule has 1 aromatic heterocycles. The standard InChI is InChI=1S/C15H14B5Cl2N3/c16-8-7(9(17)11(19)12(20)10(8)18)5-3-1-2-4-6(5)13-23-14(21)25-15(22)24-13/h1-4H,16-20H2. The Morgan fingerprint density at radius 3 is 1.56 bits per heavy atom. The van der Waals surface area contributed by atoms with E-state index in [1.807, 2.05) is 18.2 Å². The third-order valence-corrected chi connectivity index (χ3v) is 5.36. The largest absolute Gasteiger partial charge is 0.227 e. The first-order valence-electron chi connectivity index (χ1n) is 8.05. The average molecular weight is 361 g/mol. The van der Waals surface area contributed by atoms with Crippen molar-refractivity contribution in [2.24, 2.45) is 0 Å². The van der Waals surface area contributed by atoms with Gasteiger partial charge in [-0.25, -0.2) is 0 Å². The molecule has 3 rings (SSSR count). The summed E-state index contributed by atoms with van der Waals surface area (Å²) in [6, 6.07) is 8.06. The molecule has 0 amide bonds. The molecule has 0 spiro atoms. The number of rotatable bonds is 2. The van der Waals surface area contributed by atoms with Crippen LogP contribution in [0.3, 0.4) is 0 Å². The molecule has 0 saturated carbocycles. The fourth-order valence-corrected chi connectivity index (χ4v) is 3.61. The summed E-state index contributed by atoms with van der Waals surface area (Å²) >= 11 is 12.0. The highest BCUT2D eigenvalue weighted by atomic mass is 35.5. The van der Waals surface area contributed by atoms with E-state index in [9.17, 15) is 0 Å². The Hall–Kier alpha value is -1.65. The van der Waals surface area contributed by atoms with E-state index in [2.05, 4.69) is 60.2 Å². The molecule has 118 valence electrons. The van der Waals surface area contributed by atoms with Gasteiger partial charge in [0.25, 0.3) is 0 Å². The summed E-state index contributed by atoms with van der Waals surface area (Å²) in [7, 11) is 10.8. The van der Waals surface area contributed by atoms with E-state index in [1.165, 1.54) is 32.9 Å². The van der Waals surface area contributed by atoms with Gasteiger partial charge in [0.1, 0.15) is 39.2 Å². The first kappa shape index (κ1) is 18.2. The molecular formula is C15H14B5Cl2N3. The molecule has 0 radical (unpaired) electrons. The molecule has 1 heterocycles. The molecular weight excluding hydrogens is 347 g/mol. The van der Waals surface area contributed by atoms with Crippen LogP contribution in [0.15, 0.2) is 24.3 Å². The molecule has 0 bridgehead atoms. The molecule has 2 aromatic carbocycles. The van der Waals surface area contributed by atoms with Crippen molar-refractivity contribution in [1.82, 2.24) is 15.0 Å². The number of hydrogen-bond acceptors (Lipinski definition) is 3. The molecule has 0 atom stereocenters. The van der Waals surface area contributed by atoms with Crippen molar-refractivity contribution in [2.45, 2.75) is 0 Å². The van der Waals surface area contributed by atoms with Gasteiger partial charge in [0, 0.05) is 5.56 Å². The molecule has 0 saturated heterocycles. The van der Waals surface area contributed by atoms with E-state index in [0.29, 0.717) is 5.82 Å². The maximum Gasteiger partial charge on any atom is 0.227 e. The molecule has 0 aliphatic heterocycles. The van der Waals surface area contributed by atoms with Gasteiger partial charge in [0.05, 0.1) is 0 Å². The minimum Gasteiger partial charge on any atom is -0.198 e. The highest BCUT2D eigenvalue weighted by Gasteiger charge is 2.17. The number of aromatic nitrogens is 3. The second-order valence-electron chi connectivity index (χ2n) is 6.24. The summed E-state index contributed by atoms with van der Waals surface area (Å²) in [5.41, 5.74) is 9.65. The highest BCUT2D eigenvalue weighted by Crippen LogP contribution is 2.28. The predicted octanol–water partition coefficient (Wildman–Crippen LogP) is -4.20. The molecule has 0 fully saturated rings. The van der Waals surface area contributed by atoms with Gasteiger partial charge in [-0.1, -0.05) is 35.2 Å². The van der Waals surface area contributed by atoms with Crippen LogP contribution in [0.4, 0.5) is 0 Å². The van der Waals surface area contributed by atoms with Crippen molar-refractivity contribution < 1.29 is 0 Å². The second-order valence-corrected chi connectivity index (χ2v) is 6.92. The van der Waals surface area contributed by atoms with Crippen molar-refractivity contribution >= 4 is 89.7 Å². The van der Waals surface area contributed by atoms with Crippen LogP contribution >= 0.6 is 23.2 Å². The number of halogens is 2. The Bertz CT molecular complexity index is 948. The fourth-order valence-electron chi connectivity index (χ4n) is 3.25. The maximum atomic E-state index is 5.99. The number of benzene rings is 2. The SMILES string of the molecule is Bc1c(B)c(B)c(-c2ccccc2-c2nc(Cl)nc(Cl)n2)c(B)c1B. The van der Waals surface area contributed by atoms with E-state index >= 15 is 0 Å². The second kappa shape index (κ2) is 6.93. The summed E-state index contributed by atoms with van der Waals surface area (Å²) in [6.07, 6.45) is 0. The molecule has 0 unspecified atom stereocenters. The zero-order chi connectivity index (χ0) is 18.3. The number of hydrogen-bond donors (Lipinski definition) is 0. The lowest BCUT2D eigenvalue weighted by Crippen LogP contribution is -2.55. The van der Waals surface area contributed by atoms with Gasteiger partial charge < -0.3 is 0 Å². The summed E-state index contributed by atoms with van der Waals surface area (Å²) in [5, 5.41) is 0.184. The lowest BCUT2D eigenvalue weighted by Gasteiger charge is -2.22. The first-order chi connectivity index (χ1) is 11.8. The van der Waals surface area contributed by atoms with Gasteiger partial charge in [-0.2, -0.15) is 15.0 Å². The Balaban J connectivity index is 2.35. The van der Waals surface area contributed by atoms with Crippen molar-refractivity contribution in [1.29, 1.82) is 0 Å². The van der Waals surface area contributed by atoms with Gasteiger partial charge in [-0.05, 0) is 34.3 Å². The third kappa shape index (κ3) is 3.25. The van der Waals surface area contributed by atoms with Crippen molar-refractivity contribution in [3.63, 3.8) is 0 Å². The van der Waals surface area contributed by atoms with Crippen LogP contribution in [0, 0.1) is 0 Å². The van der Waals surface area contributed by atoms with Gasteiger partial charge in [0.15, 0.2) is 5.82 Å². The molecule has 3 aromatic rings. The minimum atomic E-state index is 0.0921. The average Bonchev–Trinajstić information content (AvgIpc) is 2.58. The monoisotopic (exact) mass is 361 g/mol. The van der Waals surface area contributed by atoms with Crippen LogP contribution in [-0.4, -0.2) is 54.2 Å². The Morgan fingerprint density at radius 1 is 0.600 bits per heavy atom. The van der Waals surface area contributed by atoms with E-state index in [4.69, 9.17) is 23.2 Å². The molecule has 25 heavy (non-hydrogen) atoms. The summed E-state index contributed by atoms with van der Waals surface area (Å²) in [6.45, 7) is 0. The lowest BCUT2D eigenvalue weighted by molar-refractivity contribution is 1.06. The smallest absolute Gasteiger partial charge is 0.198 e. The Morgan fingerprint density at radius 2 is 1.04 bits per heavy atom. The van der Waals surface area contributed by atoms with Crippen molar-refractivity contribution in [3.8, 4) is 22.5 Å². The first-order valence-corrected chi connectivity index (χ1v) is 8.80. The van der Waals surface area contributed by atoms with E-state index in [0.717, 1.165) is 11.1 Å². The summed E-state index contributed by atoms with van der Waals surface area (Å²) in [5.74, 6) is 0.482. The lowest BCUT2D eigenvalue weighted by atomic mass is 9.59. The molecule has 0 aliphatic carbocycles. The van der Waals surface area contributed by atoms with Crippen LogP contribution in [0.25, 0.3) is 22.5 Å². The van der Waals surface area contributed by atoms with Crippen LogP contribution in [0.2, 0.25) is 10.6 Å². The van der Waals surface area contributed by atoms with Gasteiger partial charge in [-0.15, -0.1) is 16.4 Å². The van der Waals surface area contributed by atoms with Crippen molar-refractivity contribution in [2.75, 3.05) is 0 Å². The van der Waals surface area contributed by atoms with Crippen LogP contribution in [0.5, 0.6) is 0 Å². The minimum absolute atomic E-state index is 0.0921. The topological polar surface area (TPSA) is 38.7 Å². The van der Waals surface area contributed by atoms with Crippen LogP contribution in [0.1, 0.15) is 0 Å². The van der Waals surface area contributed by atoms with Gasteiger partial charge >= 0.3 is 0 Å². The summed E-state index contributed by atoms with van der Waals surface area (Å²) in [4.78, 5) is 12.4. The third-order valence-electron chi connectivity index (χ3n) is 5.02. The van der Waals surface area contributed by atoms with Crippen LogP contribution < -0.4 is 27.3 Å².